The monoisotopic (exact) mass is 278 g/mol. The van der Waals surface area contributed by atoms with E-state index in [4.69, 9.17) is 5.73 Å². The van der Waals surface area contributed by atoms with Gasteiger partial charge in [-0.15, -0.1) is 11.8 Å². The molecule has 1 aliphatic carbocycles. The Morgan fingerprint density at radius 1 is 1.21 bits per heavy atom. The smallest absolute Gasteiger partial charge is 0.0422 e. The molecule has 0 spiro atoms. The normalized spacial score (nSPS) is 17.2. The van der Waals surface area contributed by atoms with Gasteiger partial charge in [0.05, 0.1) is 0 Å². The molecule has 0 bridgehead atoms. The first-order valence-electron chi connectivity index (χ1n) is 7.36. The van der Waals surface area contributed by atoms with Gasteiger partial charge in [0.15, 0.2) is 0 Å². The summed E-state index contributed by atoms with van der Waals surface area (Å²) in [5.41, 5.74) is 8.63. The standard InChI is InChI=1S/C16H26N2S/c1-18(13-8-5-3-4-6-9-13)15-10-7-11-16(19-2)14(15)12-17/h7,10-11,13H,3-6,8-9,12,17H2,1-2H3. The van der Waals surface area contributed by atoms with Crippen LogP contribution in [-0.4, -0.2) is 19.3 Å². The fourth-order valence-electron chi connectivity index (χ4n) is 3.12. The van der Waals surface area contributed by atoms with E-state index in [9.17, 15) is 0 Å². The van der Waals surface area contributed by atoms with Crippen LogP contribution < -0.4 is 10.6 Å². The maximum Gasteiger partial charge on any atom is 0.0422 e. The maximum absolute atomic E-state index is 5.99. The van der Waals surface area contributed by atoms with Crippen molar-refractivity contribution in [3.63, 3.8) is 0 Å². The van der Waals surface area contributed by atoms with Crippen molar-refractivity contribution < 1.29 is 0 Å². The van der Waals surface area contributed by atoms with Gasteiger partial charge in [-0.2, -0.15) is 0 Å². The predicted molar refractivity (Wildman–Crippen MR) is 86.0 cm³/mol. The Kier molecular flexibility index (Phi) is 5.59. The van der Waals surface area contributed by atoms with Gasteiger partial charge in [-0.25, -0.2) is 0 Å². The van der Waals surface area contributed by atoms with Crippen molar-refractivity contribution in [1.82, 2.24) is 0 Å². The van der Waals surface area contributed by atoms with Gasteiger partial charge < -0.3 is 10.6 Å². The summed E-state index contributed by atoms with van der Waals surface area (Å²) in [6, 6.07) is 7.25. The van der Waals surface area contributed by atoms with Gasteiger partial charge in [0.25, 0.3) is 0 Å². The minimum absolute atomic E-state index is 0.628. The minimum atomic E-state index is 0.628. The second-order valence-corrected chi connectivity index (χ2v) is 6.27. The summed E-state index contributed by atoms with van der Waals surface area (Å²) in [5.74, 6) is 0. The molecule has 2 nitrogen and oxygen atoms in total. The Morgan fingerprint density at radius 2 is 1.89 bits per heavy atom. The van der Waals surface area contributed by atoms with E-state index in [1.165, 1.54) is 54.7 Å². The van der Waals surface area contributed by atoms with Crippen molar-refractivity contribution in [3.8, 4) is 0 Å². The molecule has 2 rings (SSSR count). The molecular formula is C16H26N2S. The zero-order valence-corrected chi connectivity index (χ0v) is 13.0. The minimum Gasteiger partial charge on any atom is -0.371 e. The summed E-state index contributed by atoms with van der Waals surface area (Å²) in [4.78, 5) is 3.80. The van der Waals surface area contributed by atoms with Crippen molar-refractivity contribution in [3.05, 3.63) is 23.8 Å². The first-order chi connectivity index (χ1) is 9.27. The van der Waals surface area contributed by atoms with Crippen LogP contribution in [0.15, 0.2) is 23.1 Å². The Balaban J connectivity index is 2.24. The Hall–Kier alpha value is -0.670. The number of nitrogens with zero attached hydrogens (tertiary/aromatic N) is 1. The molecule has 19 heavy (non-hydrogen) atoms. The van der Waals surface area contributed by atoms with E-state index in [2.05, 4.69) is 36.4 Å². The lowest BCUT2D eigenvalue weighted by molar-refractivity contribution is 0.551. The van der Waals surface area contributed by atoms with Crippen LogP contribution in [0.25, 0.3) is 0 Å². The van der Waals surface area contributed by atoms with Crippen molar-refractivity contribution in [1.29, 1.82) is 0 Å². The molecule has 0 unspecified atom stereocenters. The first kappa shape index (κ1) is 14.7. The average molecular weight is 278 g/mol. The third-order valence-electron chi connectivity index (χ3n) is 4.28. The highest BCUT2D eigenvalue weighted by Gasteiger charge is 2.19. The van der Waals surface area contributed by atoms with Crippen LogP contribution in [0.5, 0.6) is 0 Å². The molecule has 1 fully saturated rings. The molecule has 0 aliphatic heterocycles. The van der Waals surface area contributed by atoms with Gasteiger partial charge in [0.1, 0.15) is 0 Å². The molecule has 0 saturated heterocycles. The average Bonchev–Trinajstić information content (AvgIpc) is 2.74. The van der Waals surface area contributed by atoms with Gasteiger partial charge >= 0.3 is 0 Å². The van der Waals surface area contributed by atoms with E-state index in [1.807, 2.05) is 0 Å². The van der Waals surface area contributed by atoms with E-state index in [0.717, 1.165) is 0 Å². The second-order valence-electron chi connectivity index (χ2n) is 5.42. The van der Waals surface area contributed by atoms with Crippen molar-refractivity contribution in [2.24, 2.45) is 5.73 Å². The molecule has 0 aromatic heterocycles. The zero-order chi connectivity index (χ0) is 13.7. The third kappa shape index (κ3) is 3.46. The Bertz CT molecular complexity index is 398. The summed E-state index contributed by atoms with van der Waals surface area (Å²) >= 11 is 1.80. The number of anilines is 1. The van der Waals surface area contributed by atoms with Crippen molar-refractivity contribution in [2.45, 2.75) is 56.0 Å². The molecule has 3 heteroatoms. The van der Waals surface area contributed by atoms with Crippen LogP contribution in [0.1, 0.15) is 44.1 Å². The van der Waals surface area contributed by atoms with Crippen LogP contribution in [0.2, 0.25) is 0 Å². The second kappa shape index (κ2) is 7.20. The van der Waals surface area contributed by atoms with Gasteiger partial charge in [-0.3, -0.25) is 0 Å². The quantitative estimate of drug-likeness (QED) is 0.666. The summed E-state index contributed by atoms with van der Waals surface area (Å²) in [5, 5.41) is 0. The Morgan fingerprint density at radius 3 is 2.47 bits per heavy atom. The summed E-state index contributed by atoms with van der Waals surface area (Å²) < 4.78 is 0. The first-order valence-corrected chi connectivity index (χ1v) is 8.59. The molecule has 2 N–H and O–H groups in total. The number of hydrogen-bond acceptors (Lipinski definition) is 3. The van der Waals surface area contributed by atoms with E-state index >= 15 is 0 Å². The topological polar surface area (TPSA) is 29.3 Å². The van der Waals surface area contributed by atoms with Crippen LogP contribution in [0.4, 0.5) is 5.69 Å². The largest absolute Gasteiger partial charge is 0.371 e. The molecule has 106 valence electrons. The number of hydrogen-bond donors (Lipinski definition) is 1. The van der Waals surface area contributed by atoms with Gasteiger partial charge in [-0.1, -0.05) is 31.7 Å². The van der Waals surface area contributed by atoms with E-state index in [-0.39, 0.29) is 0 Å². The van der Waals surface area contributed by atoms with E-state index in [1.54, 1.807) is 11.8 Å². The van der Waals surface area contributed by atoms with Gasteiger partial charge in [0.2, 0.25) is 0 Å². The Labute approximate surface area is 121 Å². The predicted octanol–water partition coefficient (Wildman–Crippen LogP) is 4.03. The third-order valence-corrected chi connectivity index (χ3v) is 5.11. The van der Waals surface area contributed by atoms with Crippen molar-refractivity contribution in [2.75, 3.05) is 18.2 Å². The molecule has 1 aromatic rings. The molecule has 0 atom stereocenters. The van der Waals surface area contributed by atoms with Gasteiger partial charge in [0, 0.05) is 35.8 Å². The van der Waals surface area contributed by atoms with Crippen LogP contribution in [0, 0.1) is 0 Å². The summed E-state index contributed by atoms with van der Waals surface area (Å²) in [6.07, 6.45) is 10.3. The van der Waals surface area contributed by atoms with Crippen LogP contribution in [0.3, 0.4) is 0 Å². The fraction of sp³-hybridized carbons (Fsp3) is 0.625. The summed E-state index contributed by atoms with van der Waals surface area (Å²) in [6.45, 7) is 0.628. The lowest BCUT2D eigenvalue weighted by atomic mass is 10.0. The summed E-state index contributed by atoms with van der Waals surface area (Å²) in [7, 11) is 2.24. The number of nitrogens with two attached hydrogens (primary N) is 1. The molecular weight excluding hydrogens is 252 g/mol. The number of benzene rings is 1. The lowest BCUT2D eigenvalue weighted by Gasteiger charge is -2.31. The molecule has 1 saturated carbocycles. The van der Waals surface area contributed by atoms with Crippen LogP contribution >= 0.6 is 11.8 Å². The highest BCUT2D eigenvalue weighted by molar-refractivity contribution is 7.98. The highest BCUT2D eigenvalue weighted by atomic mass is 32.2. The fourth-order valence-corrected chi connectivity index (χ4v) is 3.77. The molecule has 0 radical (unpaired) electrons. The number of thioether (sulfide) groups is 1. The van der Waals surface area contributed by atoms with E-state index < -0.39 is 0 Å². The zero-order valence-electron chi connectivity index (χ0n) is 12.2. The highest BCUT2D eigenvalue weighted by Crippen LogP contribution is 2.32. The van der Waals surface area contributed by atoms with Crippen LogP contribution in [-0.2, 0) is 6.54 Å². The molecule has 0 heterocycles. The molecule has 0 amide bonds. The molecule has 1 aliphatic rings. The molecule has 1 aromatic carbocycles. The lowest BCUT2D eigenvalue weighted by Crippen LogP contribution is -2.32. The SMILES string of the molecule is CSc1cccc(N(C)C2CCCCCC2)c1CN. The number of rotatable bonds is 4. The van der Waals surface area contributed by atoms with Crippen molar-refractivity contribution >= 4 is 17.4 Å². The maximum atomic E-state index is 5.99. The van der Waals surface area contributed by atoms with E-state index in [0.29, 0.717) is 12.6 Å². The van der Waals surface area contributed by atoms with Gasteiger partial charge in [-0.05, 0) is 31.2 Å².